The van der Waals surface area contributed by atoms with Crippen LogP contribution in [0, 0.1) is 0 Å². The van der Waals surface area contributed by atoms with E-state index in [-0.39, 0.29) is 0 Å². The Balaban J connectivity index is 2.25. The van der Waals surface area contributed by atoms with E-state index in [4.69, 9.17) is 4.52 Å². The second kappa shape index (κ2) is 4.35. The second-order valence-electron chi connectivity index (χ2n) is 3.00. The minimum absolute atomic E-state index is 0.439. The van der Waals surface area contributed by atoms with Gasteiger partial charge in [0.25, 0.3) is 0 Å². The molecule has 4 nitrogen and oxygen atoms in total. The van der Waals surface area contributed by atoms with Crippen LogP contribution in [-0.4, -0.2) is 11.2 Å². The van der Waals surface area contributed by atoms with Crippen LogP contribution in [0.4, 0.5) is 5.69 Å². The smallest absolute Gasteiger partial charge is 0.240 e. The summed E-state index contributed by atoms with van der Waals surface area (Å²) in [5.74, 6) is 0.574. The van der Waals surface area contributed by atoms with E-state index < -0.39 is 0 Å². The summed E-state index contributed by atoms with van der Waals surface area (Å²) in [7, 11) is 0. The van der Waals surface area contributed by atoms with Crippen LogP contribution in [0.15, 0.2) is 46.0 Å². The molecule has 1 aromatic carbocycles. The summed E-state index contributed by atoms with van der Waals surface area (Å²) in [6.45, 7) is 0. The van der Waals surface area contributed by atoms with Crippen molar-refractivity contribution in [3.63, 3.8) is 0 Å². The highest BCUT2D eigenvalue weighted by atomic mass is 16.5. The van der Waals surface area contributed by atoms with E-state index in [0.29, 0.717) is 17.9 Å². The number of isocyanates is 1. The highest BCUT2D eigenvalue weighted by molar-refractivity contribution is 5.50. The molecule has 0 fully saturated rings. The molecule has 0 atom stereocenters. The van der Waals surface area contributed by atoms with Gasteiger partial charge in [0.05, 0.1) is 6.20 Å². The fourth-order valence-corrected chi connectivity index (χ4v) is 1.30. The van der Waals surface area contributed by atoms with E-state index in [2.05, 4.69) is 10.1 Å². The molecule has 4 heteroatoms. The Labute approximate surface area is 86.2 Å². The van der Waals surface area contributed by atoms with Crippen LogP contribution in [0.1, 0.15) is 11.3 Å². The highest BCUT2D eigenvalue weighted by Gasteiger charge is 2.07. The third-order valence-corrected chi connectivity index (χ3v) is 2.00. The third-order valence-electron chi connectivity index (χ3n) is 2.00. The Morgan fingerprint density at radius 1 is 1.33 bits per heavy atom. The number of aromatic nitrogens is 1. The maximum atomic E-state index is 10.1. The maximum absolute atomic E-state index is 10.1. The van der Waals surface area contributed by atoms with Gasteiger partial charge in [-0.2, -0.15) is 4.99 Å². The van der Waals surface area contributed by atoms with Gasteiger partial charge < -0.3 is 4.52 Å². The van der Waals surface area contributed by atoms with Crippen molar-refractivity contribution < 1.29 is 9.32 Å². The quantitative estimate of drug-likeness (QED) is 0.564. The number of carbonyl (C=O) groups excluding carboxylic acids is 1. The molecule has 0 radical (unpaired) electrons. The van der Waals surface area contributed by atoms with Gasteiger partial charge in [0.2, 0.25) is 6.08 Å². The molecule has 0 saturated heterocycles. The number of rotatable bonds is 3. The molecule has 0 aliphatic carbocycles. The molecule has 0 bridgehead atoms. The van der Waals surface area contributed by atoms with Gasteiger partial charge in [0.1, 0.15) is 5.69 Å². The van der Waals surface area contributed by atoms with Crippen LogP contribution in [-0.2, 0) is 11.2 Å². The number of hydrogen-bond acceptors (Lipinski definition) is 4. The molecule has 0 aliphatic heterocycles. The normalized spacial score (nSPS) is 9.60. The average molecular weight is 200 g/mol. The standard InChI is InChI=1S/C11H8N2O2/c14-8-12-10-7-13-15-11(10)6-9-4-2-1-3-5-9/h1-5,7H,6H2. The predicted octanol–water partition coefficient (Wildman–Crippen LogP) is 2.23. The minimum atomic E-state index is 0.439. The average Bonchev–Trinajstić information content (AvgIpc) is 2.68. The number of aliphatic imine (C=N–C) groups is 1. The molecule has 0 amide bonds. The van der Waals surface area contributed by atoms with Crippen molar-refractivity contribution in [2.75, 3.05) is 0 Å². The lowest BCUT2D eigenvalue weighted by atomic mass is 10.1. The Hall–Kier alpha value is -2.19. The molecule has 2 rings (SSSR count). The first-order valence-corrected chi connectivity index (χ1v) is 4.45. The van der Waals surface area contributed by atoms with Gasteiger partial charge >= 0.3 is 0 Å². The Kier molecular flexibility index (Phi) is 2.72. The largest absolute Gasteiger partial charge is 0.359 e. The molecule has 0 unspecified atom stereocenters. The van der Waals surface area contributed by atoms with E-state index in [1.807, 2.05) is 30.3 Å². The summed E-state index contributed by atoms with van der Waals surface area (Å²) in [4.78, 5) is 13.6. The fraction of sp³-hybridized carbons (Fsp3) is 0.0909. The Morgan fingerprint density at radius 2 is 2.13 bits per heavy atom. The summed E-state index contributed by atoms with van der Waals surface area (Å²) in [5, 5.41) is 3.59. The minimum Gasteiger partial charge on any atom is -0.359 e. The first kappa shape index (κ1) is 9.37. The summed E-state index contributed by atoms with van der Waals surface area (Å²) in [5.41, 5.74) is 1.52. The van der Waals surface area contributed by atoms with E-state index in [1.165, 1.54) is 12.3 Å². The van der Waals surface area contributed by atoms with Crippen LogP contribution in [0.2, 0.25) is 0 Å². The van der Waals surface area contributed by atoms with Crippen molar-refractivity contribution in [1.82, 2.24) is 5.16 Å². The van der Waals surface area contributed by atoms with Crippen LogP contribution >= 0.6 is 0 Å². The lowest BCUT2D eigenvalue weighted by molar-refractivity contribution is 0.390. The Bertz CT molecular complexity index is 484. The van der Waals surface area contributed by atoms with Crippen LogP contribution in [0.5, 0.6) is 0 Å². The van der Waals surface area contributed by atoms with Crippen molar-refractivity contribution in [2.24, 2.45) is 4.99 Å². The zero-order chi connectivity index (χ0) is 10.5. The first-order valence-electron chi connectivity index (χ1n) is 4.45. The predicted molar refractivity (Wildman–Crippen MR) is 53.5 cm³/mol. The van der Waals surface area contributed by atoms with Crippen molar-refractivity contribution in [3.8, 4) is 0 Å². The van der Waals surface area contributed by atoms with E-state index in [9.17, 15) is 4.79 Å². The van der Waals surface area contributed by atoms with Gasteiger partial charge in [-0.05, 0) is 5.56 Å². The lowest BCUT2D eigenvalue weighted by Crippen LogP contribution is -1.84. The molecule has 0 saturated carbocycles. The van der Waals surface area contributed by atoms with Gasteiger partial charge in [-0.1, -0.05) is 35.5 Å². The maximum Gasteiger partial charge on any atom is 0.240 e. The highest BCUT2D eigenvalue weighted by Crippen LogP contribution is 2.20. The van der Waals surface area contributed by atoms with Crippen LogP contribution in [0.3, 0.4) is 0 Å². The molecule has 15 heavy (non-hydrogen) atoms. The first-order chi connectivity index (χ1) is 7.40. The lowest BCUT2D eigenvalue weighted by Gasteiger charge is -1.96. The van der Waals surface area contributed by atoms with E-state index in [1.54, 1.807) is 0 Å². The molecule has 1 heterocycles. The summed E-state index contributed by atoms with van der Waals surface area (Å²) in [6.07, 6.45) is 3.45. The van der Waals surface area contributed by atoms with Gasteiger partial charge in [0, 0.05) is 6.42 Å². The van der Waals surface area contributed by atoms with Crippen LogP contribution < -0.4 is 0 Å². The molecule has 0 N–H and O–H groups in total. The molecule has 1 aromatic heterocycles. The van der Waals surface area contributed by atoms with Gasteiger partial charge in [-0.3, -0.25) is 0 Å². The molecule has 0 aliphatic rings. The van der Waals surface area contributed by atoms with Crippen LogP contribution in [0.25, 0.3) is 0 Å². The van der Waals surface area contributed by atoms with Gasteiger partial charge in [-0.25, -0.2) is 4.79 Å². The summed E-state index contributed by atoms with van der Waals surface area (Å²) in [6, 6.07) is 9.75. The topological polar surface area (TPSA) is 55.5 Å². The number of hydrogen-bond donors (Lipinski definition) is 0. The van der Waals surface area contributed by atoms with Crippen molar-refractivity contribution in [1.29, 1.82) is 0 Å². The second-order valence-corrected chi connectivity index (χ2v) is 3.00. The van der Waals surface area contributed by atoms with Gasteiger partial charge in [-0.15, -0.1) is 0 Å². The molecular weight excluding hydrogens is 192 g/mol. The van der Waals surface area contributed by atoms with E-state index >= 15 is 0 Å². The molecular formula is C11H8N2O2. The van der Waals surface area contributed by atoms with Crippen molar-refractivity contribution >= 4 is 11.8 Å². The summed E-state index contributed by atoms with van der Waals surface area (Å²) < 4.78 is 5.00. The fourth-order valence-electron chi connectivity index (χ4n) is 1.30. The summed E-state index contributed by atoms with van der Waals surface area (Å²) >= 11 is 0. The third kappa shape index (κ3) is 2.18. The monoisotopic (exact) mass is 200 g/mol. The number of benzene rings is 1. The van der Waals surface area contributed by atoms with Crippen molar-refractivity contribution in [2.45, 2.75) is 6.42 Å². The zero-order valence-corrected chi connectivity index (χ0v) is 7.88. The SMILES string of the molecule is O=C=Nc1cnoc1Cc1ccccc1. The number of nitrogens with zero attached hydrogens (tertiary/aromatic N) is 2. The van der Waals surface area contributed by atoms with E-state index in [0.717, 1.165) is 5.56 Å². The van der Waals surface area contributed by atoms with Gasteiger partial charge in [0.15, 0.2) is 5.76 Å². The zero-order valence-electron chi connectivity index (χ0n) is 7.88. The molecule has 74 valence electrons. The molecule has 2 aromatic rings. The molecule has 0 spiro atoms. The van der Waals surface area contributed by atoms with Crippen molar-refractivity contribution in [3.05, 3.63) is 47.9 Å². The Morgan fingerprint density at radius 3 is 2.87 bits per heavy atom.